The van der Waals surface area contributed by atoms with Gasteiger partial charge in [-0.2, -0.15) is 0 Å². The molecular weight excluding hydrogens is 448 g/mol. The highest BCUT2D eigenvalue weighted by Gasteiger charge is 2.24. The number of anilines is 2. The Kier molecular flexibility index (Phi) is 7.50. The van der Waals surface area contributed by atoms with Gasteiger partial charge < -0.3 is 20.9 Å². The van der Waals surface area contributed by atoms with Crippen LogP contribution in [0.25, 0.3) is 0 Å². The van der Waals surface area contributed by atoms with Crippen LogP contribution >= 0.6 is 0 Å². The number of rotatable bonds is 6. The molecule has 3 amide bonds. The van der Waals surface area contributed by atoms with Gasteiger partial charge in [-0.05, 0) is 54.2 Å². The van der Waals surface area contributed by atoms with Crippen LogP contribution in [0.4, 0.5) is 16.2 Å². The van der Waals surface area contributed by atoms with Gasteiger partial charge in [0.05, 0.1) is 5.56 Å². The quantitative estimate of drug-likeness (QED) is 0.426. The number of benzene rings is 3. The molecule has 186 valence electrons. The van der Waals surface area contributed by atoms with Crippen LogP contribution < -0.4 is 20.9 Å². The van der Waals surface area contributed by atoms with Gasteiger partial charge in [0.15, 0.2) is 0 Å². The Morgan fingerprint density at radius 2 is 1.61 bits per heavy atom. The molecule has 1 aliphatic carbocycles. The van der Waals surface area contributed by atoms with Crippen LogP contribution in [-0.2, 0) is 19.5 Å². The SMILES string of the molecule is O=C(NCc1ccccc1)Nc1ccc(N2CCc3ccccc3C2)c(C(=O)NC2CCCCC2)c1. The maximum absolute atomic E-state index is 13.5. The van der Waals surface area contributed by atoms with Gasteiger partial charge in [0.2, 0.25) is 0 Å². The average molecular weight is 483 g/mol. The molecular formula is C30H34N4O2. The predicted octanol–water partition coefficient (Wildman–Crippen LogP) is 5.63. The molecule has 6 nitrogen and oxygen atoms in total. The third-order valence-electron chi connectivity index (χ3n) is 7.21. The topological polar surface area (TPSA) is 73.5 Å². The summed E-state index contributed by atoms with van der Waals surface area (Å²) >= 11 is 0. The molecule has 1 aliphatic heterocycles. The van der Waals surface area contributed by atoms with Crippen molar-refractivity contribution in [2.45, 2.75) is 57.7 Å². The number of hydrogen-bond acceptors (Lipinski definition) is 3. The van der Waals surface area contributed by atoms with Crippen LogP contribution in [0.2, 0.25) is 0 Å². The van der Waals surface area contributed by atoms with E-state index < -0.39 is 0 Å². The molecule has 1 heterocycles. The fraction of sp³-hybridized carbons (Fsp3) is 0.333. The van der Waals surface area contributed by atoms with Crippen molar-refractivity contribution < 1.29 is 9.59 Å². The maximum atomic E-state index is 13.5. The molecule has 5 rings (SSSR count). The van der Waals surface area contributed by atoms with E-state index >= 15 is 0 Å². The number of fused-ring (bicyclic) bond motifs is 1. The second-order valence-electron chi connectivity index (χ2n) is 9.77. The van der Waals surface area contributed by atoms with Gasteiger partial charge >= 0.3 is 6.03 Å². The van der Waals surface area contributed by atoms with Gasteiger partial charge in [0.25, 0.3) is 5.91 Å². The summed E-state index contributed by atoms with van der Waals surface area (Å²) in [5, 5.41) is 9.07. The lowest BCUT2D eigenvalue weighted by Crippen LogP contribution is -2.38. The van der Waals surface area contributed by atoms with E-state index in [9.17, 15) is 9.59 Å². The summed E-state index contributed by atoms with van der Waals surface area (Å²) in [5.41, 5.74) is 5.82. The van der Waals surface area contributed by atoms with Crippen molar-refractivity contribution in [3.63, 3.8) is 0 Å². The van der Waals surface area contributed by atoms with E-state index in [1.165, 1.54) is 17.5 Å². The third-order valence-corrected chi connectivity index (χ3v) is 7.21. The molecule has 3 aromatic rings. The summed E-state index contributed by atoms with van der Waals surface area (Å²) in [6, 6.07) is 23.9. The number of carbonyl (C=O) groups is 2. The predicted molar refractivity (Wildman–Crippen MR) is 144 cm³/mol. The smallest absolute Gasteiger partial charge is 0.319 e. The highest BCUT2D eigenvalue weighted by Crippen LogP contribution is 2.30. The fourth-order valence-corrected chi connectivity index (χ4v) is 5.24. The van der Waals surface area contributed by atoms with Crippen LogP contribution in [0.15, 0.2) is 72.8 Å². The number of hydrogen-bond donors (Lipinski definition) is 3. The van der Waals surface area contributed by atoms with E-state index in [1.807, 2.05) is 48.5 Å². The molecule has 3 N–H and O–H groups in total. The minimum absolute atomic E-state index is 0.0656. The summed E-state index contributed by atoms with van der Waals surface area (Å²) in [6.07, 6.45) is 6.55. The lowest BCUT2D eigenvalue weighted by Gasteiger charge is -2.32. The van der Waals surface area contributed by atoms with Crippen LogP contribution in [-0.4, -0.2) is 24.5 Å². The summed E-state index contributed by atoms with van der Waals surface area (Å²) in [4.78, 5) is 28.4. The Bertz CT molecular complexity index is 1200. The number of carbonyl (C=O) groups excluding carboxylic acids is 2. The minimum atomic E-state index is -0.294. The van der Waals surface area contributed by atoms with Gasteiger partial charge in [0.1, 0.15) is 0 Å². The van der Waals surface area contributed by atoms with Crippen molar-refractivity contribution in [1.29, 1.82) is 0 Å². The van der Waals surface area contributed by atoms with E-state index in [-0.39, 0.29) is 18.0 Å². The zero-order valence-corrected chi connectivity index (χ0v) is 20.6. The normalized spacial score (nSPS) is 15.6. The van der Waals surface area contributed by atoms with E-state index in [1.54, 1.807) is 0 Å². The monoisotopic (exact) mass is 482 g/mol. The number of urea groups is 1. The Morgan fingerprint density at radius 3 is 2.42 bits per heavy atom. The van der Waals surface area contributed by atoms with Crippen molar-refractivity contribution >= 4 is 23.3 Å². The van der Waals surface area contributed by atoms with Crippen molar-refractivity contribution in [1.82, 2.24) is 10.6 Å². The molecule has 0 aromatic heterocycles. The zero-order chi connectivity index (χ0) is 24.7. The van der Waals surface area contributed by atoms with Crippen LogP contribution in [0, 0.1) is 0 Å². The first-order chi connectivity index (χ1) is 17.7. The first-order valence-corrected chi connectivity index (χ1v) is 13.0. The number of nitrogens with one attached hydrogen (secondary N) is 3. The first-order valence-electron chi connectivity index (χ1n) is 13.0. The van der Waals surface area contributed by atoms with Crippen molar-refractivity contribution in [2.75, 3.05) is 16.8 Å². The molecule has 1 saturated carbocycles. The standard InChI is InChI=1S/C30H34N4O2/c35-29(32-25-13-5-2-6-14-25)27-19-26(33-30(36)31-20-22-9-3-1-4-10-22)15-16-28(27)34-18-17-23-11-7-8-12-24(23)21-34/h1,3-4,7-12,15-16,19,25H,2,5-6,13-14,17-18,20-21H2,(H,32,35)(H2,31,33,36). The molecule has 3 aromatic carbocycles. The zero-order valence-electron chi connectivity index (χ0n) is 20.6. The molecule has 2 aliphatic rings. The summed E-state index contributed by atoms with van der Waals surface area (Å²) in [6.45, 7) is 2.06. The van der Waals surface area contributed by atoms with Crippen LogP contribution in [0.5, 0.6) is 0 Å². The fourth-order valence-electron chi connectivity index (χ4n) is 5.24. The molecule has 0 bridgehead atoms. The van der Waals surface area contributed by atoms with Gasteiger partial charge in [-0.3, -0.25) is 4.79 Å². The number of nitrogens with zero attached hydrogens (tertiary/aromatic N) is 1. The summed E-state index contributed by atoms with van der Waals surface area (Å²) in [7, 11) is 0. The summed E-state index contributed by atoms with van der Waals surface area (Å²) in [5.74, 6) is -0.0656. The Balaban J connectivity index is 1.34. The van der Waals surface area contributed by atoms with Crippen LogP contribution in [0.1, 0.15) is 59.2 Å². The molecule has 0 saturated heterocycles. The molecule has 0 atom stereocenters. The van der Waals surface area contributed by atoms with E-state index in [2.05, 4.69) is 45.1 Å². The van der Waals surface area contributed by atoms with E-state index in [0.29, 0.717) is 17.8 Å². The van der Waals surface area contributed by atoms with Gasteiger partial charge in [0, 0.05) is 37.1 Å². The molecule has 0 radical (unpaired) electrons. The lowest BCUT2D eigenvalue weighted by molar-refractivity contribution is 0.0928. The van der Waals surface area contributed by atoms with Crippen LogP contribution in [0.3, 0.4) is 0 Å². The average Bonchev–Trinajstić information content (AvgIpc) is 2.93. The molecule has 36 heavy (non-hydrogen) atoms. The molecule has 1 fully saturated rings. The second kappa shape index (κ2) is 11.3. The third kappa shape index (κ3) is 5.88. The Hall–Kier alpha value is -3.80. The molecule has 0 unspecified atom stereocenters. The van der Waals surface area contributed by atoms with E-state index in [4.69, 9.17) is 0 Å². The minimum Gasteiger partial charge on any atom is -0.366 e. The Morgan fingerprint density at radius 1 is 0.861 bits per heavy atom. The number of amides is 3. The van der Waals surface area contributed by atoms with Gasteiger partial charge in [-0.25, -0.2) is 4.79 Å². The largest absolute Gasteiger partial charge is 0.366 e. The second-order valence-corrected chi connectivity index (χ2v) is 9.77. The lowest BCUT2D eigenvalue weighted by atomic mass is 9.95. The highest BCUT2D eigenvalue weighted by molar-refractivity contribution is 6.02. The first kappa shape index (κ1) is 23.9. The molecule has 0 spiro atoms. The summed E-state index contributed by atoms with van der Waals surface area (Å²) < 4.78 is 0. The Labute approximate surface area is 213 Å². The maximum Gasteiger partial charge on any atom is 0.319 e. The van der Waals surface area contributed by atoms with E-state index in [0.717, 1.165) is 56.4 Å². The van der Waals surface area contributed by atoms with Crippen molar-refractivity contribution in [3.8, 4) is 0 Å². The van der Waals surface area contributed by atoms with Gasteiger partial charge in [-0.15, -0.1) is 0 Å². The van der Waals surface area contributed by atoms with Crippen molar-refractivity contribution in [2.24, 2.45) is 0 Å². The van der Waals surface area contributed by atoms with Gasteiger partial charge in [-0.1, -0.05) is 73.9 Å². The van der Waals surface area contributed by atoms with Crippen molar-refractivity contribution in [3.05, 3.63) is 95.1 Å². The highest BCUT2D eigenvalue weighted by atomic mass is 16.2. The molecule has 6 heteroatoms.